The molecule has 0 aliphatic carbocycles. The largest absolute Gasteiger partial charge is 0.391 e. The number of nitrogens with zero attached hydrogens (tertiary/aromatic N) is 1. The molecule has 1 aromatic heterocycles. The Morgan fingerprint density at radius 3 is 2.80 bits per heavy atom. The Morgan fingerprint density at radius 2 is 2.13 bits per heavy atom. The van der Waals surface area contributed by atoms with E-state index >= 15 is 0 Å². The van der Waals surface area contributed by atoms with Gasteiger partial charge in [0.15, 0.2) is 0 Å². The lowest BCUT2D eigenvalue weighted by molar-refractivity contribution is 0.286. The first-order chi connectivity index (χ1) is 7.20. The van der Waals surface area contributed by atoms with Gasteiger partial charge in [-0.1, -0.05) is 23.8 Å². The normalized spacial score (nSPS) is 10.6. The molecule has 1 aromatic carbocycles. The molecule has 78 valence electrons. The van der Waals surface area contributed by atoms with E-state index in [1.807, 2.05) is 19.1 Å². The second-order valence-electron chi connectivity index (χ2n) is 3.53. The highest BCUT2D eigenvalue weighted by atomic mass is 32.1. The van der Waals surface area contributed by atoms with Crippen LogP contribution in [0, 0.1) is 13.8 Å². The zero-order valence-electron chi connectivity index (χ0n) is 8.82. The first-order valence-corrected chi connectivity index (χ1v) is 5.66. The molecule has 0 radical (unpaired) electrons. The smallest absolute Gasteiger partial charge is 0.0905 e. The van der Waals surface area contributed by atoms with Crippen LogP contribution < -0.4 is 0 Å². The molecule has 0 atom stereocenters. The van der Waals surface area contributed by atoms with Gasteiger partial charge in [0.2, 0.25) is 0 Å². The van der Waals surface area contributed by atoms with E-state index in [9.17, 15) is 5.11 Å². The van der Waals surface area contributed by atoms with Gasteiger partial charge in [-0.3, -0.25) is 0 Å². The number of thiazole rings is 1. The molecule has 0 unspecified atom stereocenters. The zero-order chi connectivity index (χ0) is 10.8. The van der Waals surface area contributed by atoms with Gasteiger partial charge in [0.25, 0.3) is 0 Å². The van der Waals surface area contributed by atoms with Crippen LogP contribution in [0.25, 0.3) is 11.3 Å². The van der Waals surface area contributed by atoms with E-state index in [1.54, 1.807) is 11.3 Å². The summed E-state index contributed by atoms with van der Waals surface area (Å²) < 4.78 is 0. The van der Waals surface area contributed by atoms with Crippen LogP contribution in [-0.4, -0.2) is 10.1 Å². The van der Waals surface area contributed by atoms with Crippen molar-refractivity contribution in [3.05, 3.63) is 39.7 Å². The van der Waals surface area contributed by atoms with Crippen molar-refractivity contribution in [1.29, 1.82) is 0 Å². The van der Waals surface area contributed by atoms with E-state index in [1.165, 1.54) is 5.56 Å². The van der Waals surface area contributed by atoms with Crippen LogP contribution in [0.2, 0.25) is 0 Å². The minimum atomic E-state index is 0.0643. The number of hydrogen-bond acceptors (Lipinski definition) is 3. The lowest BCUT2D eigenvalue weighted by Gasteiger charge is -2.00. The third-order valence-electron chi connectivity index (χ3n) is 2.24. The molecule has 2 nitrogen and oxygen atoms in total. The van der Waals surface area contributed by atoms with Crippen molar-refractivity contribution < 1.29 is 5.11 Å². The monoisotopic (exact) mass is 219 g/mol. The highest BCUT2D eigenvalue weighted by Crippen LogP contribution is 2.28. The van der Waals surface area contributed by atoms with Gasteiger partial charge in [-0.05, 0) is 19.9 Å². The van der Waals surface area contributed by atoms with Crippen LogP contribution in [0.3, 0.4) is 0 Å². The Kier molecular flexibility index (Phi) is 2.84. The second kappa shape index (κ2) is 4.13. The van der Waals surface area contributed by atoms with E-state index in [-0.39, 0.29) is 6.61 Å². The summed E-state index contributed by atoms with van der Waals surface area (Å²) in [6.07, 6.45) is 0. The predicted molar refractivity (Wildman–Crippen MR) is 62.9 cm³/mol. The molecule has 0 bridgehead atoms. The van der Waals surface area contributed by atoms with E-state index < -0.39 is 0 Å². The molecule has 0 aliphatic rings. The number of aryl methyl sites for hydroxylation is 2. The van der Waals surface area contributed by atoms with Gasteiger partial charge in [-0.2, -0.15) is 0 Å². The molecule has 0 spiro atoms. The number of aliphatic hydroxyl groups excluding tert-OH is 1. The molecule has 0 saturated carbocycles. The fourth-order valence-corrected chi connectivity index (χ4v) is 2.41. The Labute approximate surface area is 93.2 Å². The molecule has 1 heterocycles. The van der Waals surface area contributed by atoms with Crippen molar-refractivity contribution in [2.45, 2.75) is 20.5 Å². The Bertz CT molecular complexity index is 476. The van der Waals surface area contributed by atoms with Gasteiger partial charge < -0.3 is 5.11 Å². The molecule has 1 N–H and O–H groups in total. The fourth-order valence-electron chi connectivity index (χ4n) is 1.59. The SMILES string of the molecule is Cc1cccc(-c2nc(C)sc2CO)c1. The second-order valence-corrected chi connectivity index (χ2v) is 4.82. The molecule has 0 amide bonds. The fraction of sp³-hybridized carbons (Fsp3) is 0.250. The summed E-state index contributed by atoms with van der Waals surface area (Å²) in [7, 11) is 0. The maximum Gasteiger partial charge on any atom is 0.0905 e. The number of benzene rings is 1. The molecular weight excluding hydrogens is 206 g/mol. The van der Waals surface area contributed by atoms with Gasteiger partial charge >= 0.3 is 0 Å². The summed E-state index contributed by atoms with van der Waals surface area (Å²) >= 11 is 1.55. The maximum atomic E-state index is 9.23. The van der Waals surface area contributed by atoms with Crippen molar-refractivity contribution in [2.24, 2.45) is 0 Å². The Morgan fingerprint density at radius 1 is 1.33 bits per heavy atom. The van der Waals surface area contributed by atoms with Crippen molar-refractivity contribution >= 4 is 11.3 Å². The number of aliphatic hydroxyl groups is 1. The molecule has 15 heavy (non-hydrogen) atoms. The van der Waals surface area contributed by atoms with Crippen molar-refractivity contribution in [3.63, 3.8) is 0 Å². The molecule has 2 aromatic rings. The summed E-state index contributed by atoms with van der Waals surface area (Å²) in [4.78, 5) is 5.39. The van der Waals surface area contributed by atoms with Crippen LogP contribution in [0.1, 0.15) is 15.4 Å². The average molecular weight is 219 g/mol. The third kappa shape index (κ3) is 2.08. The summed E-state index contributed by atoms with van der Waals surface area (Å²) in [5.74, 6) is 0. The van der Waals surface area contributed by atoms with Crippen LogP contribution >= 0.6 is 11.3 Å². The lowest BCUT2D eigenvalue weighted by Crippen LogP contribution is -1.85. The van der Waals surface area contributed by atoms with Crippen molar-refractivity contribution in [1.82, 2.24) is 4.98 Å². The molecular formula is C12H13NOS. The van der Waals surface area contributed by atoms with Gasteiger partial charge in [0.05, 0.1) is 22.2 Å². The number of aromatic nitrogens is 1. The molecule has 0 fully saturated rings. The van der Waals surface area contributed by atoms with Crippen LogP contribution in [0.4, 0.5) is 0 Å². The Hall–Kier alpha value is -1.19. The highest BCUT2D eigenvalue weighted by Gasteiger charge is 2.09. The van der Waals surface area contributed by atoms with Crippen LogP contribution in [-0.2, 0) is 6.61 Å². The topological polar surface area (TPSA) is 33.1 Å². The van der Waals surface area contributed by atoms with Gasteiger partial charge in [0.1, 0.15) is 0 Å². The minimum absolute atomic E-state index is 0.0643. The van der Waals surface area contributed by atoms with Gasteiger partial charge in [-0.15, -0.1) is 11.3 Å². The summed E-state index contributed by atoms with van der Waals surface area (Å²) in [5, 5.41) is 10.2. The zero-order valence-corrected chi connectivity index (χ0v) is 9.64. The third-order valence-corrected chi connectivity index (χ3v) is 3.19. The lowest BCUT2D eigenvalue weighted by atomic mass is 10.1. The van der Waals surface area contributed by atoms with E-state index in [4.69, 9.17) is 0 Å². The van der Waals surface area contributed by atoms with E-state index in [2.05, 4.69) is 24.0 Å². The van der Waals surface area contributed by atoms with E-state index in [0.29, 0.717) is 0 Å². The first-order valence-electron chi connectivity index (χ1n) is 4.85. The summed E-state index contributed by atoms with van der Waals surface area (Å²) in [5.41, 5.74) is 3.22. The van der Waals surface area contributed by atoms with Crippen molar-refractivity contribution in [3.8, 4) is 11.3 Å². The van der Waals surface area contributed by atoms with E-state index in [0.717, 1.165) is 21.1 Å². The standard InChI is InChI=1S/C12H13NOS/c1-8-4-3-5-10(6-8)12-11(7-14)15-9(2)13-12/h3-6,14H,7H2,1-2H3. The molecule has 0 saturated heterocycles. The summed E-state index contributed by atoms with van der Waals surface area (Å²) in [6, 6.07) is 8.19. The quantitative estimate of drug-likeness (QED) is 0.842. The molecule has 2 rings (SSSR count). The van der Waals surface area contributed by atoms with Crippen LogP contribution in [0.15, 0.2) is 24.3 Å². The van der Waals surface area contributed by atoms with Gasteiger partial charge in [-0.25, -0.2) is 4.98 Å². The highest BCUT2D eigenvalue weighted by molar-refractivity contribution is 7.12. The number of hydrogen-bond donors (Lipinski definition) is 1. The minimum Gasteiger partial charge on any atom is -0.391 e. The summed E-state index contributed by atoms with van der Waals surface area (Å²) in [6.45, 7) is 4.08. The Balaban J connectivity index is 2.53. The molecule has 0 aliphatic heterocycles. The van der Waals surface area contributed by atoms with Crippen molar-refractivity contribution in [2.75, 3.05) is 0 Å². The average Bonchev–Trinajstić information content (AvgIpc) is 2.59. The number of rotatable bonds is 2. The van der Waals surface area contributed by atoms with Gasteiger partial charge in [0, 0.05) is 5.56 Å². The predicted octanol–water partition coefficient (Wildman–Crippen LogP) is 2.92. The molecule has 3 heteroatoms. The first kappa shape index (κ1) is 10.3. The van der Waals surface area contributed by atoms with Crippen LogP contribution in [0.5, 0.6) is 0 Å². The maximum absolute atomic E-state index is 9.23.